The van der Waals surface area contributed by atoms with Crippen molar-refractivity contribution in [3.8, 4) is 5.88 Å². The molecule has 6 nitrogen and oxygen atoms in total. The van der Waals surface area contributed by atoms with E-state index in [4.69, 9.17) is 4.74 Å². The first kappa shape index (κ1) is 15.0. The van der Waals surface area contributed by atoms with Gasteiger partial charge in [-0.25, -0.2) is 4.68 Å². The molecule has 0 aliphatic heterocycles. The molecule has 3 aromatic rings. The molecular weight excluding hydrogens is 294 g/mol. The van der Waals surface area contributed by atoms with Gasteiger partial charge in [-0.15, -0.1) is 0 Å². The number of rotatable bonds is 6. The third-order valence-corrected chi connectivity index (χ3v) is 3.50. The number of nitro benzene ring substituents is 1. The van der Waals surface area contributed by atoms with Crippen molar-refractivity contribution in [2.45, 2.75) is 19.9 Å². The van der Waals surface area contributed by atoms with Crippen LogP contribution in [0.1, 0.15) is 18.9 Å². The molecule has 1 heterocycles. The van der Waals surface area contributed by atoms with Gasteiger partial charge in [0.15, 0.2) is 0 Å². The number of ether oxygens (including phenoxy) is 1. The van der Waals surface area contributed by atoms with Crippen molar-refractivity contribution in [2.24, 2.45) is 0 Å². The van der Waals surface area contributed by atoms with Gasteiger partial charge in [0.1, 0.15) is 0 Å². The average molecular weight is 311 g/mol. The van der Waals surface area contributed by atoms with Crippen LogP contribution < -0.4 is 4.74 Å². The van der Waals surface area contributed by atoms with Crippen molar-refractivity contribution in [1.82, 2.24) is 9.78 Å². The molecule has 118 valence electrons. The second-order valence-corrected chi connectivity index (χ2v) is 5.26. The van der Waals surface area contributed by atoms with Crippen LogP contribution in [0, 0.1) is 10.1 Å². The maximum atomic E-state index is 11.0. The lowest BCUT2D eigenvalue weighted by molar-refractivity contribution is -0.384. The van der Waals surface area contributed by atoms with E-state index in [1.165, 1.54) is 12.1 Å². The lowest BCUT2D eigenvalue weighted by Gasteiger charge is -2.09. The molecule has 0 atom stereocenters. The van der Waals surface area contributed by atoms with Gasteiger partial charge in [-0.2, -0.15) is 5.10 Å². The van der Waals surface area contributed by atoms with E-state index < -0.39 is 4.92 Å². The lowest BCUT2D eigenvalue weighted by atomic mass is 10.2. The Hall–Kier alpha value is -2.89. The Balaban J connectivity index is 2.06. The standard InChI is InChI=1S/C17H17N3O3/c1-2-10-23-17-15-11-14(20(21)22)8-9-16(15)18-19(17)12-13-6-4-3-5-7-13/h3-9,11H,2,10,12H2,1H3. The molecule has 6 heteroatoms. The molecule has 0 aliphatic carbocycles. The van der Waals surface area contributed by atoms with Crippen LogP contribution in [0.4, 0.5) is 5.69 Å². The number of aromatic nitrogens is 2. The highest BCUT2D eigenvalue weighted by molar-refractivity contribution is 5.86. The second-order valence-electron chi connectivity index (χ2n) is 5.26. The van der Waals surface area contributed by atoms with Crippen molar-refractivity contribution in [1.29, 1.82) is 0 Å². The number of fused-ring (bicyclic) bond motifs is 1. The van der Waals surface area contributed by atoms with E-state index >= 15 is 0 Å². The molecule has 0 radical (unpaired) electrons. The predicted molar refractivity (Wildman–Crippen MR) is 87.7 cm³/mol. The topological polar surface area (TPSA) is 70.2 Å². The molecule has 0 aliphatic rings. The molecule has 0 unspecified atom stereocenters. The quantitative estimate of drug-likeness (QED) is 0.513. The van der Waals surface area contributed by atoms with Crippen molar-refractivity contribution in [2.75, 3.05) is 6.61 Å². The number of hydrogen-bond donors (Lipinski definition) is 0. The van der Waals surface area contributed by atoms with Gasteiger partial charge in [-0.05, 0) is 18.1 Å². The molecular formula is C17H17N3O3. The summed E-state index contributed by atoms with van der Waals surface area (Å²) >= 11 is 0. The fraction of sp³-hybridized carbons (Fsp3) is 0.235. The van der Waals surface area contributed by atoms with E-state index in [9.17, 15) is 10.1 Å². The van der Waals surface area contributed by atoms with Crippen LogP contribution in [-0.2, 0) is 6.54 Å². The maximum absolute atomic E-state index is 11.0. The summed E-state index contributed by atoms with van der Waals surface area (Å²) in [4.78, 5) is 10.6. The highest BCUT2D eigenvalue weighted by Gasteiger charge is 2.16. The zero-order valence-electron chi connectivity index (χ0n) is 12.8. The second kappa shape index (κ2) is 6.48. The minimum absolute atomic E-state index is 0.0399. The third kappa shape index (κ3) is 3.15. The van der Waals surface area contributed by atoms with Crippen LogP contribution in [0.3, 0.4) is 0 Å². The van der Waals surface area contributed by atoms with Crippen LogP contribution in [0.2, 0.25) is 0 Å². The van der Waals surface area contributed by atoms with Crippen molar-refractivity contribution in [3.05, 3.63) is 64.2 Å². The molecule has 0 saturated carbocycles. The number of nitro groups is 1. The van der Waals surface area contributed by atoms with E-state index in [1.807, 2.05) is 37.3 Å². The monoisotopic (exact) mass is 311 g/mol. The smallest absolute Gasteiger partial charge is 0.270 e. The summed E-state index contributed by atoms with van der Waals surface area (Å²) in [5.74, 6) is 0.578. The van der Waals surface area contributed by atoms with Crippen LogP contribution in [-0.4, -0.2) is 21.3 Å². The van der Waals surface area contributed by atoms with Gasteiger partial charge in [-0.3, -0.25) is 10.1 Å². The van der Waals surface area contributed by atoms with Crippen molar-refractivity contribution < 1.29 is 9.66 Å². The first-order chi connectivity index (χ1) is 11.2. The maximum Gasteiger partial charge on any atom is 0.270 e. The minimum atomic E-state index is -0.405. The Bertz CT molecular complexity index is 828. The molecule has 0 N–H and O–H groups in total. The van der Waals surface area contributed by atoms with Crippen LogP contribution in [0.25, 0.3) is 10.9 Å². The minimum Gasteiger partial charge on any atom is -0.477 e. The summed E-state index contributed by atoms with van der Waals surface area (Å²) in [7, 11) is 0. The van der Waals surface area contributed by atoms with Gasteiger partial charge in [0.2, 0.25) is 5.88 Å². The van der Waals surface area contributed by atoms with Crippen LogP contribution in [0.5, 0.6) is 5.88 Å². The summed E-state index contributed by atoms with van der Waals surface area (Å²) in [6.07, 6.45) is 0.854. The molecule has 0 saturated heterocycles. The number of nitrogens with zero attached hydrogens (tertiary/aromatic N) is 3. The molecule has 1 aromatic heterocycles. The van der Waals surface area contributed by atoms with Gasteiger partial charge in [-0.1, -0.05) is 37.3 Å². The Morgan fingerprint density at radius 1 is 1.22 bits per heavy atom. The summed E-state index contributed by atoms with van der Waals surface area (Å²) in [6, 6.07) is 14.6. The summed E-state index contributed by atoms with van der Waals surface area (Å²) < 4.78 is 7.59. The van der Waals surface area contributed by atoms with E-state index in [0.29, 0.717) is 29.9 Å². The van der Waals surface area contributed by atoms with Crippen molar-refractivity contribution in [3.63, 3.8) is 0 Å². The first-order valence-electron chi connectivity index (χ1n) is 7.50. The normalized spacial score (nSPS) is 10.8. The van der Waals surface area contributed by atoms with E-state index in [1.54, 1.807) is 10.7 Å². The zero-order chi connectivity index (χ0) is 16.2. The van der Waals surface area contributed by atoms with Crippen LogP contribution in [0.15, 0.2) is 48.5 Å². The molecule has 2 aromatic carbocycles. The predicted octanol–water partition coefficient (Wildman–Crippen LogP) is 3.78. The fourth-order valence-corrected chi connectivity index (χ4v) is 2.43. The third-order valence-electron chi connectivity index (χ3n) is 3.50. The Labute approximate surface area is 133 Å². The Morgan fingerprint density at radius 2 is 2.00 bits per heavy atom. The van der Waals surface area contributed by atoms with Gasteiger partial charge >= 0.3 is 0 Å². The number of benzene rings is 2. The van der Waals surface area contributed by atoms with Gasteiger partial charge < -0.3 is 4.74 Å². The summed E-state index contributed by atoms with van der Waals surface area (Å²) in [5, 5.41) is 16.2. The molecule has 0 bridgehead atoms. The number of hydrogen-bond acceptors (Lipinski definition) is 4. The molecule has 0 fully saturated rings. The lowest BCUT2D eigenvalue weighted by Crippen LogP contribution is -2.06. The molecule has 0 amide bonds. The molecule has 3 rings (SSSR count). The molecule has 0 spiro atoms. The Morgan fingerprint density at radius 3 is 2.70 bits per heavy atom. The number of non-ortho nitro benzene ring substituents is 1. The average Bonchev–Trinajstić information content (AvgIpc) is 2.90. The van der Waals surface area contributed by atoms with Gasteiger partial charge in [0.05, 0.1) is 29.0 Å². The highest BCUT2D eigenvalue weighted by Crippen LogP contribution is 2.30. The van der Waals surface area contributed by atoms with Crippen LogP contribution >= 0.6 is 0 Å². The van der Waals surface area contributed by atoms with Gasteiger partial charge in [0, 0.05) is 12.1 Å². The molecule has 23 heavy (non-hydrogen) atoms. The SMILES string of the molecule is CCCOc1c2cc([N+](=O)[O-])ccc2nn1Cc1ccccc1. The fourth-order valence-electron chi connectivity index (χ4n) is 2.43. The van der Waals surface area contributed by atoms with Crippen molar-refractivity contribution >= 4 is 16.6 Å². The summed E-state index contributed by atoms with van der Waals surface area (Å²) in [5.41, 5.74) is 1.83. The van der Waals surface area contributed by atoms with E-state index in [-0.39, 0.29) is 5.69 Å². The highest BCUT2D eigenvalue weighted by atomic mass is 16.6. The largest absolute Gasteiger partial charge is 0.477 e. The Kier molecular flexibility index (Phi) is 4.23. The summed E-state index contributed by atoms with van der Waals surface area (Å²) in [6.45, 7) is 3.11. The van der Waals surface area contributed by atoms with Gasteiger partial charge in [0.25, 0.3) is 5.69 Å². The van der Waals surface area contributed by atoms with E-state index in [0.717, 1.165) is 12.0 Å². The zero-order valence-corrected chi connectivity index (χ0v) is 12.8. The van der Waals surface area contributed by atoms with E-state index in [2.05, 4.69) is 5.10 Å². The first-order valence-corrected chi connectivity index (χ1v) is 7.50.